The van der Waals surface area contributed by atoms with Crippen LogP contribution in [0.4, 0.5) is 5.13 Å². The largest absolute Gasteiger partial charge is 0.389 e. The Balaban J connectivity index is 1.61. The van der Waals surface area contributed by atoms with E-state index in [4.69, 9.17) is 11.6 Å². The van der Waals surface area contributed by atoms with Gasteiger partial charge in [-0.05, 0) is 26.7 Å². The normalized spacial score (nSPS) is 20.7. The highest BCUT2D eigenvalue weighted by molar-refractivity contribution is 7.15. The number of carbonyl (C=O) groups excluding carboxylic acids is 1. The van der Waals surface area contributed by atoms with Gasteiger partial charge in [0.25, 0.3) is 5.91 Å². The number of nitrogens with zero attached hydrogens (tertiary/aromatic N) is 4. The average Bonchev–Trinajstić information content (AvgIpc) is 3.23. The van der Waals surface area contributed by atoms with Gasteiger partial charge in [-0.3, -0.25) is 4.79 Å². The van der Waals surface area contributed by atoms with Gasteiger partial charge in [-0.2, -0.15) is 0 Å². The van der Waals surface area contributed by atoms with Crippen LogP contribution in [0.25, 0.3) is 0 Å². The summed E-state index contributed by atoms with van der Waals surface area (Å²) in [6, 6.07) is -0.399. The average molecular weight is 415 g/mol. The van der Waals surface area contributed by atoms with E-state index in [2.05, 4.69) is 25.5 Å². The van der Waals surface area contributed by atoms with Crippen molar-refractivity contribution in [1.29, 1.82) is 0 Å². The molecule has 0 aliphatic carbocycles. The summed E-state index contributed by atoms with van der Waals surface area (Å²) in [7, 11) is 0. The van der Waals surface area contributed by atoms with Gasteiger partial charge in [0.1, 0.15) is 10.6 Å². The van der Waals surface area contributed by atoms with Gasteiger partial charge in [0.2, 0.25) is 5.13 Å². The quantitative estimate of drug-likeness (QED) is 0.576. The molecular weight excluding hydrogens is 392 g/mol. The summed E-state index contributed by atoms with van der Waals surface area (Å²) < 4.78 is 0. The molecule has 1 aliphatic heterocycles. The molecule has 1 amide bonds. The molecule has 27 heavy (non-hydrogen) atoms. The predicted octanol–water partition coefficient (Wildman–Crippen LogP) is 1.07. The van der Waals surface area contributed by atoms with Gasteiger partial charge in [-0.1, -0.05) is 29.9 Å². The lowest BCUT2D eigenvalue weighted by atomic mass is 10.0. The fourth-order valence-corrected chi connectivity index (χ4v) is 3.98. The number of amides is 1. The minimum absolute atomic E-state index is 0.144. The fraction of sp³-hybridized carbons (Fsp3) is 0.625. The van der Waals surface area contributed by atoms with Crippen molar-refractivity contribution in [3.05, 3.63) is 21.7 Å². The van der Waals surface area contributed by atoms with E-state index in [0.29, 0.717) is 41.8 Å². The van der Waals surface area contributed by atoms with Crippen molar-refractivity contribution >= 4 is 34.0 Å². The number of imidazole rings is 1. The molecule has 0 bridgehead atoms. The lowest BCUT2D eigenvalue weighted by molar-refractivity contribution is 0.0775. The van der Waals surface area contributed by atoms with Crippen LogP contribution in [0.2, 0.25) is 5.15 Å². The van der Waals surface area contributed by atoms with Crippen LogP contribution in [0.15, 0.2) is 0 Å². The number of nitrogens with one attached hydrogen (secondary N) is 2. The van der Waals surface area contributed by atoms with E-state index in [1.54, 1.807) is 13.8 Å². The first kappa shape index (κ1) is 20.0. The van der Waals surface area contributed by atoms with E-state index < -0.39 is 23.7 Å². The third-order valence-electron chi connectivity index (χ3n) is 4.40. The van der Waals surface area contributed by atoms with Gasteiger partial charge < -0.3 is 25.4 Å². The number of H-pyrrole nitrogens is 1. The number of hydrogen-bond acceptors (Lipinski definition) is 8. The monoisotopic (exact) mass is 414 g/mol. The van der Waals surface area contributed by atoms with Crippen molar-refractivity contribution in [2.24, 2.45) is 0 Å². The first-order chi connectivity index (χ1) is 12.7. The van der Waals surface area contributed by atoms with E-state index >= 15 is 0 Å². The van der Waals surface area contributed by atoms with Crippen LogP contribution in [0.3, 0.4) is 0 Å². The number of aliphatic hydroxyl groups excluding tert-OH is 1. The Labute approximate surface area is 165 Å². The second-order valence-corrected chi connectivity index (χ2v) is 8.35. The van der Waals surface area contributed by atoms with E-state index in [0.717, 1.165) is 0 Å². The number of aliphatic hydroxyl groups is 2. The number of aromatic nitrogens is 4. The minimum atomic E-state index is -1.05. The lowest BCUT2D eigenvalue weighted by Crippen LogP contribution is -2.54. The SMILES string of the molecule is CCc1[nH]c(C(=O)N[C@@H]2CCN(c3nnc(C(C)(C)O)s3)C[C@@H]2O)nc1Cl. The molecule has 1 saturated heterocycles. The van der Waals surface area contributed by atoms with Crippen LogP contribution in [-0.4, -0.2) is 61.5 Å². The molecule has 0 unspecified atom stereocenters. The molecule has 1 fully saturated rings. The molecule has 3 rings (SSSR count). The summed E-state index contributed by atoms with van der Waals surface area (Å²) in [6.07, 6.45) is 0.418. The summed E-state index contributed by atoms with van der Waals surface area (Å²) >= 11 is 7.27. The van der Waals surface area contributed by atoms with Crippen molar-refractivity contribution in [2.45, 2.75) is 51.4 Å². The molecule has 0 saturated carbocycles. The van der Waals surface area contributed by atoms with Crippen LogP contribution >= 0.6 is 22.9 Å². The molecule has 3 heterocycles. The number of carbonyl (C=O) groups is 1. The fourth-order valence-electron chi connectivity index (χ4n) is 2.83. The van der Waals surface area contributed by atoms with Gasteiger partial charge in [0.05, 0.1) is 17.8 Å². The maximum absolute atomic E-state index is 12.4. The first-order valence-electron chi connectivity index (χ1n) is 8.73. The molecule has 2 aromatic rings. The highest BCUT2D eigenvalue weighted by Crippen LogP contribution is 2.30. The highest BCUT2D eigenvalue weighted by atomic mass is 35.5. The van der Waals surface area contributed by atoms with E-state index in [9.17, 15) is 15.0 Å². The molecule has 0 aromatic carbocycles. The molecule has 11 heteroatoms. The van der Waals surface area contributed by atoms with Gasteiger partial charge in [-0.15, -0.1) is 10.2 Å². The Morgan fingerprint density at radius 2 is 2.22 bits per heavy atom. The molecule has 2 aromatic heterocycles. The molecule has 148 valence electrons. The lowest BCUT2D eigenvalue weighted by Gasteiger charge is -2.35. The van der Waals surface area contributed by atoms with Crippen LogP contribution in [-0.2, 0) is 12.0 Å². The zero-order valence-electron chi connectivity index (χ0n) is 15.4. The smallest absolute Gasteiger partial charge is 0.287 e. The summed E-state index contributed by atoms with van der Waals surface area (Å²) in [6.45, 7) is 6.13. The molecule has 0 spiro atoms. The Bertz CT molecular complexity index is 817. The number of halogens is 1. The van der Waals surface area contributed by atoms with E-state index in [1.807, 2.05) is 11.8 Å². The summed E-state index contributed by atoms with van der Waals surface area (Å²) in [5.41, 5.74) is -0.348. The number of piperidine rings is 1. The summed E-state index contributed by atoms with van der Waals surface area (Å²) in [4.78, 5) is 21.2. The van der Waals surface area contributed by atoms with Gasteiger partial charge >= 0.3 is 0 Å². The van der Waals surface area contributed by atoms with Crippen molar-refractivity contribution in [2.75, 3.05) is 18.0 Å². The number of hydrogen-bond donors (Lipinski definition) is 4. The van der Waals surface area contributed by atoms with E-state index in [-0.39, 0.29) is 11.0 Å². The second kappa shape index (κ2) is 7.70. The number of rotatable bonds is 5. The van der Waals surface area contributed by atoms with Crippen molar-refractivity contribution in [1.82, 2.24) is 25.5 Å². The maximum atomic E-state index is 12.4. The third kappa shape index (κ3) is 4.40. The maximum Gasteiger partial charge on any atom is 0.287 e. The van der Waals surface area contributed by atoms with Crippen LogP contribution < -0.4 is 10.2 Å². The number of aromatic amines is 1. The second-order valence-electron chi connectivity index (χ2n) is 7.04. The van der Waals surface area contributed by atoms with Crippen molar-refractivity contribution in [3.8, 4) is 0 Å². The molecule has 4 N–H and O–H groups in total. The topological polar surface area (TPSA) is 127 Å². The van der Waals surface area contributed by atoms with Crippen molar-refractivity contribution < 1.29 is 15.0 Å². The van der Waals surface area contributed by atoms with E-state index in [1.165, 1.54) is 11.3 Å². The summed E-state index contributed by atoms with van der Waals surface area (Å²) in [5.74, 6) is -0.250. The van der Waals surface area contributed by atoms with Crippen molar-refractivity contribution in [3.63, 3.8) is 0 Å². The summed E-state index contributed by atoms with van der Waals surface area (Å²) in [5, 5.41) is 32.9. The Morgan fingerprint density at radius 3 is 2.78 bits per heavy atom. The van der Waals surface area contributed by atoms with Gasteiger partial charge in [-0.25, -0.2) is 4.98 Å². The highest BCUT2D eigenvalue weighted by Gasteiger charge is 2.32. The van der Waals surface area contributed by atoms with Crippen LogP contribution in [0.1, 0.15) is 48.5 Å². The molecular formula is C16H23ClN6O3S. The zero-order valence-corrected chi connectivity index (χ0v) is 16.9. The van der Waals surface area contributed by atoms with Gasteiger partial charge in [0.15, 0.2) is 11.0 Å². The zero-order chi connectivity index (χ0) is 19.8. The molecule has 9 nitrogen and oxygen atoms in total. The molecule has 2 atom stereocenters. The Hall–Kier alpha value is -1.75. The number of aryl methyl sites for hydroxylation is 1. The first-order valence-corrected chi connectivity index (χ1v) is 9.93. The number of β-amino-alcohol motifs (C(OH)–C–C–N with tert-alkyl or cyclic N) is 1. The van der Waals surface area contributed by atoms with Crippen LogP contribution in [0.5, 0.6) is 0 Å². The molecule has 0 radical (unpaired) electrons. The Morgan fingerprint density at radius 1 is 1.48 bits per heavy atom. The third-order valence-corrected chi connectivity index (χ3v) is 6.01. The van der Waals surface area contributed by atoms with Gasteiger partial charge in [0, 0.05) is 13.1 Å². The predicted molar refractivity (Wildman–Crippen MR) is 102 cm³/mol. The molecule has 1 aliphatic rings. The number of anilines is 1. The van der Waals surface area contributed by atoms with Crippen LogP contribution in [0, 0.1) is 0 Å². The standard InChI is InChI=1S/C16H23ClN6O3S/c1-4-8-11(17)20-12(18-8)13(25)19-9-5-6-23(7-10(9)24)15-22-21-14(27-15)16(2,3)26/h9-10,24,26H,4-7H2,1-3H3,(H,18,20)(H,19,25)/t9-,10+/m1/s1. The Kier molecular flexibility index (Phi) is 5.71. The minimum Gasteiger partial charge on any atom is -0.389 e.